The number of carbonyl (C=O) groups is 1. The van der Waals surface area contributed by atoms with Crippen LogP contribution in [-0.2, 0) is 0 Å². The standard InChI is InChI=1S/C11H13NO3/c1-2-11(13)10-5-3-9(4-6-10)7-8-12(14)15/h3-8,12,14H,2H2,1H3. The summed E-state index contributed by atoms with van der Waals surface area (Å²) in [6, 6.07) is 6.85. The zero-order valence-electron chi connectivity index (χ0n) is 8.43. The van der Waals surface area contributed by atoms with Gasteiger partial charge in [0.05, 0.1) is 0 Å². The Morgan fingerprint density at radius 1 is 1.47 bits per heavy atom. The van der Waals surface area contributed by atoms with Gasteiger partial charge in [-0.1, -0.05) is 31.2 Å². The van der Waals surface area contributed by atoms with Crippen LogP contribution in [0.5, 0.6) is 0 Å². The Bertz CT molecular complexity index is 355. The van der Waals surface area contributed by atoms with E-state index in [0.29, 0.717) is 12.0 Å². The topological polar surface area (TPSA) is 64.8 Å². The van der Waals surface area contributed by atoms with Crippen LogP contribution in [0.4, 0.5) is 0 Å². The van der Waals surface area contributed by atoms with E-state index in [1.807, 2.05) is 0 Å². The molecule has 80 valence electrons. The molecule has 1 rings (SSSR count). The highest BCUT2D eigenvalue weighted by Crippen LogP contribution is 2.07. The monoisotopic (exact) mass is 207 g/mol. The fourth-order valence-corrected chi connectivity index (χ4v) is 1.15. The molecule has 0 heterocycles. The molecule has 1 atom stereocenters. The summed E-state index contributed by atoms with van der Waals surface area (Å²) in [5, 5.41) is 17.7. The van der Waals surface area contributed by atoms with Gasteiger partial charge in [-0.25, -0.2) is 10.4 Å². The average Bonchev–Trinajstić information content (AvgIpc) is 2.26. The van der Waals surface area contributed by atoms with E-state index >= 15 is 0 Å². The molecule has 0 aliphatic carbocycles. The molecule has 2 N–H and O–H groups in total. The van der Waals surface area contributed by atoms with Gasteiger partial charge in [0.2, 0.25) is 0 Å². The third kappa shape index (κ3) is 3.63. The van der Waals surface area contributed by atoms with E-state index in [9.17, 15) is 10.0 Å². The number of nitrogens with one attached hydrogen (secondary N) is 1. The van der Waals surface area contributed by atoms with Crippen molar-refractivity contribution in [2.45, 2.75) is 13.3 Å². The Morgan fingerprint density at radius 3 is 2.53 bits per heavy atom. The van der Waals surface area contributed by atoms with Crippen LogP contribution >= 0.6 is 0 Å². The Morgan fingerprint density at radius 2 is 2.07 bits per heavy atom. The van der Waals surface area contributed by atoms with Crippen molar-refractivity contribution in [1.29, 1.82) is 0 Å². The highest BCUT2D eigenvalue weighted by Gasteiger charge is 2.01. The van der Waals surface area contributed by atoms with Gasteiger partial charge in [0.15, 0.2) is 5.78 Å². The molecule has 0 bridgehead atoms. The van der Waals surface area contributed by atoms with Gasteiger partial charge in [-0.15, -0.1) is 0 Å². The maximum atomic E-state index is 11.3. The zero-order valence-corrected chi connectivity index (χ0v) is 8.43. The molecule has 0 aliphatic heterocycles. The van der Waals surface area contributed by atoms with E-state index in [0.717, 1.165) is 11.8 Å². The summed E-state index contributed by atoms with van der Waals surface area (Å²) in [5.74, 6) is 0.0868. The highest BCUT2D eigenvalue weighted by atomic mass is 16.8. The van der Waals surface area contributed by atoms with Crippen molar-refractivity contribution in [3.8, 4) is 0 Å². The van der Waals surface area contributed by atoms with Crippen LogP contribution in [0.25, 0.3) is 6.08 Å². The third-order valence-electron chi connectivity index (χ3n) is 1.97. The quantitative estimate of drug-likeness (QED) is 0.572. The van der Waals surface area contributed by atoms with E-state index in [-0.39, 0.29) is 5.78 Å². The van der Waals surface area contributed by atoms with Crippen LogP contribution in [0, 0.1) is 5.21 Å². The van der Waals surface area contributed by atoms with Gasteiger partial charge in [0.25, 0.3) is 0 Å². The molecule has 1 unspecified atom stereocenters. The van der Waals surface area contributed by atoms with Crippen LogP contribution in [-0.4, -0.2) is 11.0 Å². The second kappa shape index (κ2) is 5.41. The largest absolute Gasteiger partial charge is 0.595 e. The molecule has 0 amide bonds. The summed E-state index contributed by atoms with van der Waals surface area (Å²) in [7, 11) is 0. The average molecular weight is 207 g/mol. The number of rotatable bonds is 4. The van der Waals surface area contributed by atoms with Gasteiger partial charge in [0.1, 0.15) is 6.20 Å². The van der Waals surface area contributed by atoms with Gasteiger partial charge in [-0.2, -0.15) is 0 Å². The van der Waals surface area contributed by atoms with Crippen molar-refractivity contribution in [1.82, 2.24) is 0 Å². The normalized spacial score (nSPS) is 13.0. The lowest BCUT2D eigenvalue weighted by atomic mass is 10.1. The molecule has 1 aromatic carbocycles. The maximum Gasteiger partial charge on any atom is 0.162 e. The number of benzene rings is 1. The summed E-state index contributed by atoms with van der Waals surface area (Å²) < 4.78 is 0. The first-order chi connectivity index (χ1) is 7.13. The Labute approximate surface area is 88.0 Å². The molecule has 4 nitrogen and oxygen atoms in total. The van der Waals surface area contributed by atoms with E-state index in [2.05, 4.69) is 0 Å². The van der Waals surface area contributed by atoms with Crippen molar-refractivity contribution in [3.63, 3.8) is 0 Å². The molecule has 0 saturated carbocycles. The van der Waals surface area contributed by atoms with Crippen LogP contribution in [0.3, 0.4) is 0 Å². The first kappa shape index (κ1) is 11.6. The predicted octanol–water partition coefficient (Wildman–Crippen LogP) is 1.02. The Kier molecular flexibility index (Phi) is 4.17. The van der Waals surface area contributed by atoms with Gasteiger partial charge >= 0.3 is 0 Å². The van der Waals surface area contributed by atoms with E-state index < -0.39 is 5.23 Å². The van der Waals surface area contributed by atoms with Crippen LogP contribution in [0.15, 0.2) is 30.5 Å². The first-order valence-electron chi connectivity index (χ1n) is 4.67. The summed E-state index contributed by atoms with van der Waals surface area (Å²) >= 11 is 0. The van der Waals surface area contributed by atoms with Gasteiger partial charge < -0.3 is 5.21 Å². The van der Waals surface area contributed by atoms with Crippen LogP contribution in [0.2, 0.25) is 0 Å². The Balaban J connectivity index is 2.77. The fourth-order valence-electron chi connectivity index (χ4n) is 1.15. The Hall–Kier alpha value is -1.49. The molecule has 0 saturated heterocycles. The number of hydroxylamine groups is 2. The van der Waals surface area contributed by atoms with Crippen LogP contribution < -0.4 is 5.23 Å². The molecular formula is C11H13NO3. The lowest BCUT2D eigenvalue weighted by molar-refractivity contribution is -1.00. The lowest BCUT2D eigenvalue weighted by Gasteiger charge is -2.04. The molecule has 4 heteroatoms. The lowest BCUT2D eigenvalue weighted by Crippen LogP contribution is -2.99. The van der Waals surface area contributed by atoms with Crippen molar-refractivity contribution < 1.29 is 15.2 Å². The highest BCUT2D eigenvalue weighted by molar-refractivity contribution is 5.95. The maximum absolute atomic E-state index is 11.3. The first-order valence-corrected chi connectivity index (χ1v) is 4.67. The molecule has 0 spiro atoms. The molecule has 0 fully saturated rings. The van der Waals surface area contributed by atoms with Gasteiger partial charge in [-0.05, 0) is 5.56 Å². The molecule has 15 heavy (non-hydrogen) atoms. The SMILES string of the molecule is CCC(=O)c1ccc(C=C[NH+]([O-])O)cc1. The number of Topliss-reactive ketones (excluding diaryl/α,β-unsaturated/α-hetero) is 1. The van der Waals surface area contributed by atoms with Gasteiger partial charge in [-0.3, -0.25) is 4.79 Å². The molecule has 0 aromatic heterocycles. The van der Waals surface area contributed by atoms with Crippen molar-refractivity contribution in [2.24, 2.45) is 0 Å². The summed E-state index contributed by atoms with van der Waals surface area (Å²) in [4.78, 5) is 11.3. The number of carbonyl (C=O) groups excluding carboxylic acids is 1. The minimum Gasteiger partial charge on any atom is -0.595 e. The van der Waals surface area contributed by atoms with E-state index in [4.69, 9.17) is 5.21 Å². The number of hydrogen-bond donors (Lipinski definition) is 2. The van der Waals surface area contributed by atoms with Crippen molar-refractivity contribution in [3.05, 3.63) is 46.8 Å². The zero-order chi connectivity index (χ0) is 11.3. The van der Waals surface area contributed by atoms with Crippen LogP contribution in [0.1, 0.15) is 29.3 Å². The smallest absolute Gasteiger partial charge is 0.162 e. The minimum atomic E-state index is -0.983. The van der Waals surface area contributed by atoms with E-state index in [1.165, 1.54) is 6.08 Å². The second-order valence-electron chi connectivity index (χ2n) is 3.07. The number of quaternary nitrogens is 1. The van der Waals surface area contributed by atoms with Crippen molar-refractivity contribution >= 4 is 11.9 Å². The summed E-state index contributed by atoms with van der Waals surface area (Å²) in [6.07, 6.45) is 3.03. The molecular weight excluding hydrogens is 194 g/mol. The second-order valence-corrected chi connectivity index (χ2v) is 3.07. The number of hydrogen-bond acceptors (Lipinski definition) is 3. The predicted molar refractivity (Wildman–Crippen MR) is 56.2 cm³/mol. The molecule has 0 radical (unpaired) electrons. The molecule has 1 aromatic rings. The van der Waals surface area contributed by atoms with E-state index in [1.54, 1.807) is 31.2 Å². The van der Waals surface area contributed by atoms with Crippen molar-refractivity contribution in [2.75, 3.05) is 0 Å². The summed E-state index contributed by atoms with van der Waals surface area (Å²) in [6.45, 7) is 1.81. The minimum absolute atomic E-state index is 0.0868. The fraction of sp³-hybridized carbons (Fsp3) is 0.182. The molecule has 0 aliphatic rings. The van der Waals surface area contributed by atoms with Gasteiger partial charge in [0, 0.05) is 18.1 Å². The number of ketones is 1. The third-order valence-corrected chi connectivity index (χ3v) is 1.97. The summed E-state index contributed by atoms with van der Waals surface area (Å²) in [5.41, 5.74) is 1.43.